The molecule has 42 heavy (non-hydrogen) atoms. The summed E-state index contributed by atoms with van der Waals surface area (Å²) < 4.78 is 10.3. The molecule has 1 atom stereocenters. The molecular weight excluding hydrogens is 532 g/mol. The van der Waals surface area contributed by atoms with Gasteiger partial charge in [-0.1, -0.05) is 126 Å². The first-order chi connectivity index (χ1) is 20.4. The van der Waals surface area contributed by atoms with E-state index in [0.717, 1.165) is 19.3 Å². The molecule has 1 heterocycles. The van der Waals surface area contributed by atoms with Crippen LogP contribution in [0.1, 0.15) is 123 Å². The minimum atomic E-state index is -1.22. The summed E-state index contributed by atoms with van der Waals surface area (Å²) in [5.41, 5.74) is 0.817. The third kappa shape index (κ3) is 10.3. The molecule has 226 valence electrons. The van der Waals surface area contributed by atoms with Crippen LogP contribution in [0.15, 0.2) is 65.9 Å². The van der Waals surface area contributed by atoms with Gasteiger partial charge in [0.1, 0.15) is 12.2 Å². The van der Waals surface area contributed by atoms with E-state index >= 15 is 0 Å². The van der Waals surface area contributed by atoms with Crippen molar-refractivity contribution in [2.75, 3.05) is 6.61 Å². The van der Waals surface area contributed by atoms with Crippen LogP contribution in [0.3, 0.4) is 0 Å². The van der Waals surface area contributed by atoms with Crippen LogP contribution >= 0.6 is 0 Å². The molecule has 0 saturated carbocycles. The van der Waals surface area contributed by atoms with E-state index < -0.39 is 36.2 Å². The fraction of sp³-hybridized carbons (Fsp3) is 0.486. The zero-order valence-corrected chi connectivity index (χ0v) is 24.8. The van der Waals surface area contributed by atoms with Crippen molar-refractivity contribution in [3.8, 4) is 0 Å². The quantitative estimate of drug-likeness (QED) is 0.0740. The van der Waals surface area contributed by atoms with E-state index in [2.05, 4.69) is 6.92 Å². The molecule has 3 rings (SSSR count). The van der Waals surface area contributed by atoms with Crippen molar-refractivity contribution in [3.63, 3.8) is 0 Å². The Balaban J connectivity index is 1.34. The third-order valence-electron chi connectivity index (χ3n) is 7.59. The Morgan fingerprint density at radius 1 is 0.714 bits per heavy atom. The molecule has 0 aromatic heterocycles. The molecule has 1 N–H and O–H groups in total. The van der Waals surface area contributed by atoms with E-state index in [1.165, 1.54) is 82.1 Å². The highest BCUT2D eigenvalue weighted by Gasteiger charge is 2.38. The van der Waals surface area contributed by atoms with Gasteiger partial charge in [0, 0.05) is 17.5 Å². The SMILES string of the molecule is CCCCCCCCCCCCCCCC(=O)C1=C(O)[C@@H](COC(=O)c2ccc(C(=O)c3ccccc3)cc2)OC1=O. The zero-order valence-electron chi connectivity index (χ0n) is 24.8. The van der Waals surface area contributed by atoms with Gasteiger partial charge in [-0.15, -0.1) is 0 Å². The second-order valence-electron chi connectivity index (χ2n) is 10.9. The Morgan fingerprint density at radius 3 is 1.79 bits per heavy atom. The summed E-state index contributed by atoms with van der Waals surface area (Å²) >= 11 is 0. The lowest BCUT2D eigenvalue weighted by Crippen LogP contribution is -2.21. The lowest BCUT2D eigenvalue weighted by Gasteiger charge is -2.11. The molecule has 1 aliphatic heterocycles. The number of esters is 2. The summed E-state index contributed by atoms with van der Waals surface area (Å²) in [5, 5.41) is 10.5. The maximum atomic E-state index is 12.6. The molecule has 0 spiro atoms. The number of Topliss-reactive ketones (excluding diaryl/α,β-unsaturated/α-hetero) is 1. The van der Waals surface area contributed by atoms with Gasteiger partial charge in [-0.2, -0.15) is 0 Å². The summed E-state index contributed by atoms with van der Waals surface area (Å²) in [6, 6.07) is 14.8. The van der Waals surface area contributed by atoms with Gasteiger partial charge in [-0.3, -0.25) is 9.59 Å². The number of carbonyl (C=O) groups excluding carboxylic acids is 4. The normalized spacial score (nSPS) is 14.6. The van der Waals surface area contributed by atoms with Crippen LogP contribution < -0.4 is 0 Å². The number of aliphatic hydroxyl groups excluding tert-OH is 1. The van der Waals surface area contributed by atoms with Gasteiger partial charge >= 0.3 is 11.9 Å². The van der Waals surface area contributed by atoms with Gasteiger partial charge in [0.2, 0.25) is 0 Å². The minimum Gasteiger partial charge on any atom is -0.507 e. The molecule has 0 aliphatic carbocycles. The number of benzene rings is 2. The van der Waals surface area contributed by atoms with Crippen molar-refractivity contribution in [2.24, 2.45) is 0 Å². The molecule has 0 bridgehead atoms. The van der Waals surface area contributed by atoms with Crippen LogP contribution in [0.2, 0.25) is 0 Å². The molecule has 7 nitrogen and oxygen atoms in total. The van der Waals surface area contributed by atoms with Crippen LogP contribution in [-0.2, 0) is 19.1 Å². The summed E-state index contributed by atoms with van der Waals surface area (Å²) in [6.45, 7) is 1.81. The first kappa shape index (κ1) is 32.8. The second-order valence-corrected chi connectivity index (χ2v) is 10.9. The molecular formula is C35H44O7. The Morgan fingerprint density at radius 2 is 1.21 bits per heavy atom. The third-order valence-corrected chi connectivity index (χ3v) is 7.59. The highest BCUT2D eigenvalue weighted by atomic mass is 16.6. The molecule has 1 aliphatic rings. The van der Waals surface area contributed by atoms with E-state index in [0.29, 0.717) is 17.5 Å². The van der Waals surface area contributed by atoms with Crippen molar-refractivity contribution in [2.45, 2.75) is 103 Å². The molecule has 2 aromatic carbocycles. The number of unbranched alkanes of at least 4 members (excludes halogenated alkanes) is 12. The van der Waals surface area contributed by atoms with E-state index in [1.807, 2.05) is 6.07 Å². The average Bonchev–Trinajstić information content (AvgIpc) is 3.30. The predicted molar refractivity (Wildman–Crippen MR) is 161 cm³/mol. The summed E-state index contributed by atoms with van der Waals surface area (Å²) in [6.07, 6.45) is 14.4. The minimum absolute atomic E-state index is 0.160. The van der Waals surface area contributed by atoms with Gasteiger partial charge in [0.05, 0.1) is 5.56 Å². The van der Waals surface area contributed by atoms with Gasteiger partial charge in [-0.05, 0) is 18.6 Å². The summed E-state index contributed by atoms with van der Waals surface area (Å²) in [7, 11) is 0. The van der Waals surface area contributed by atoms with Crippen molar-refractivity contribution in [1.82, 2.24) is 0 Å². The first-order valence-electron chi connectivity index (χ1n) is 15.5. The largest absolute Gasteiger partial charge is 0.507 e. The van der Waals surface area contributed by atoms with E-state index in [9.17, 15) is 24.3 Å². The zero-order chi connectivity index (χ0) is 30.2. The van der Waals surface area contributed by atoms with Crippen molar-refractivity contribution in [3.05, 3.63) is 82.6 Å². The summed E-state index contributed by atoms with van der Waals surface area (Å²) in [4.78, 5) is 49.9. The highest BCUT2D eigenvalue weighted by molar-refractivity contribution is 6.19. The van der Waals surface area contributed by atoms with Crippen LogP contribution in [0.25, 0.3) is 0 Å². The number of hydrogen-bond donors (Lipinski definition) is 1. The van der Waals surface area contributed by atoms with Crippen molar-refractivity contribution >= 4 is 23.5 Å². The first-order valence-corrected chi connectivity index (χ1v) is 15.5. The van der Waals surface area contributed by atoms with Crippen molar-refractivity contribution < 1.29 is 33.8 Å². The monoisotopic (exact) mass is 576 g/mol. The van der Waals surface area contributed by atoms with Crippen LogP contribution in [0, 0.1) is 0 Å². The number of aliphatic hydroxyl groups is 1. The number of rotatable bonds is 20. The lowest BCUT2D eigenvalue weighted by atomic mass is 10.0. The number of ether oxygens (including phenoxy) is 2. The topological polar surface area (TPSA) is 107 Å². The molecule has 2 aromatic rings. The smallest absolute Gasteiger partial charge is 0.346 e. The highest BCUT2D eigenvalue weighted by Crippen LogP contribution is 2.24. The fourth-order valence-electron chi connectivity index (χ4n) is 5.06. The Kier molecular flexibility index (Phi) is 14.0. The number of cyclic esters (lactones) is 1. The van der Waals surface area contributed by atoms with Crippen LogP contribution in [-0.4, -0.2) is 41.3 Å². The Bertz CT molecular complexity index is 1200. The van der Waals surface area contributed by atoms with Crippen molar-refractivity contribution in [1.29, 1.82) is 0 Å². The molecule has 0 unspecified atom stereocenters. The van der Waals surface area contributed by atoms with E-state index in [4.69, 9.17) is 9.47 Å². The van der Waals surface area contributed by atoms with Gasteiger partial charge in [0.25, 0.3) is 0 Å². The van der Waals surface area contributed by atoms with Gasteiger partial charge in [0.15, 0.2) is 23.4 Å². The standard InChI is InChI=1S/C35H44O7/c1-2-3-4-5-6-7-8-9-10-11-12-13-17-20-29(36)31-33(38)30(42-35(31)40)25-41-34(39)28-23-21-27(22-24-28)32(37)26-18-15-14-16-19-26/h14-16,18-19,21-24,30,38H,2-13,17,20,25H2,1H3/t30-/m1/s1. The molecule has 7 heteroatoms. The maximum Gasteiger partial charge on any atom is 0.346 e. The maximum absolute atomic E-state index is 12.6. The predicted octanol–water partition coefficient (Wildman–Crippen LogP) is 7.86. The summed E-state index contributed by atoms with van der Waals surface area (Å²) in [5.74, 6) is -2.70. The molecule has 0 amide bonds. The Hall–Kier alpha value is -3.74. The number of hydrogen-bond acceptors (Lipinski definition) is 7. The van der Waals surface area contributed by atoms with E-state index in [1.54, 1.807) is 24.3 Å². The molecule has 0 saturated heterocycles. The van der Waals surface area contributed by atoms with Gasteiger partial charge in [-0.25, -0.2) is 9.59 Å². The fourth-order valence-corrected chi connectivity index (χ4v) is 5.06. The Labute approximate surface area is 249 Å². The molecule has 0 radical (unpaired) electrons. The lowest BCUT2D eigenvalue weighted by molar-refractivity contribution is -0.142. The van der Waals surface area contributed by atoms with Crippen LogP contribution in [0.5, 0.6) is 0 Å². The average molecular weight is 577 g/mol. The van der Waals surface area contributed by atoms with Gasteiger partial charge < -0.3 is 14.6 Å². The van der Waals surface area contributed by atoms with E-state index in [-0.39, 0.29) is 23.3 Å². The number of ketones is 2. The molecule has 0 fully saturated rings. The second kappa shape index (κ2) is 17.9. The van der Waals surface area contributed by atoms with Crippen LogP contribution in [0.4, 0.5) is 0 Å². The number of carbonyl (C=O) groups is 4.